The van der Waals surface area contributed by atoms with Crippen molar-refractivity contribution in [3.63, 3.8) is 0 Å². The number of H-pyrrole nitrogens is 4. The summed E-state index contributed by atoms with van der Waals surface area (Å²) in [5, 5.41) is 0. The molecule has 442 valence electrons. The van der Waals surface area contributed by atoms with Crippen LogP contribution in [0.15, 0.2) is 69.2 Å². The number of methoxy groups -OCH3 is 2. The molecule has 2 unspecified atom stereocenters. The highest BCUT2D eigenvalue weighted by atomic mass is 32.5. The Morgan fingerprint density at radius 2 is 0.835 bits per heavy atom. The smallest absolute Gasteiger partial charge is 0.379 e. The van der Waals surface area contributed by atoms with E-state index in [-0.39, 0.29) is 55.0 Å². The Balaban J connectivity index is 0.000000195. The van der Waals surface area contributed by atoms with Crippen LogP contribution in [0.5, 0.6) is 0 Å². The predicted octanol–water partition coefficient (Wildman–Crippen LogP) is 2.27. The first-order valence-corrected chi connectivity index (χ1v) is 29.4. The number of aromatic nitrogens is 8. The van der Waals surface area contributed by atoms with Gasteiger partial charge in [-0.05, 0) is 58.3 Å². The molecule has 0 radical (unpaired) electrons. The molecular weight excluding hydrogens is 1110 g/mol. The molecule has 4 aliphatic heterocycles. The first kappa shape index (κ1) is 64.9. The van der Waals surface area contributed by atoms with Crippen LogP contribution in [-0.2, 0) is 62.9 Å². The second kappa shape index (κ2) is 28.7. The van der Waals surface area contributed by atoms with E-state index in [0.717, 1.165) is 20.0 Å². The highest BCUT2D eigenvalue weighted by Gasteiger charge is 2.42. The molecule has 0 aliphatic carbocycles. The van der Waals surface area contributed by atoms with Crippen LogP contribution in [0.1, 0.15) is 121 Å². The van der Waals surface area contributed by atoms with E-state index in [1.165, 1.54) is 56.2 Å². The summed E-state index contributed by atoms with van der Waals surface area (Å²) in [5.41, 5.74) is -2.42. The summed E-state index contributed by atoms with van der Waals surface area (Å²) in [6.07, 6.45) is 6.37. The second-order valence-corrected chi connectivity index (χ2v) is 23.1. The van der Waals surface area contributed by atoms with Gasteiger partial charge >= 0.3 is 37.3 Å². The van der Waals surface area contributed by atoms with Crippen LogP contribution in [0.25, 0.3) is 0 Å². The largest absolute Gasteiger partial charge is 0.472 e. The standard InChI is InChI=1S/C12H19N2O7P.C12H19N2O6PS.C12H18N2O4.C11H16N2O4/c1-4-8-9(21-22(17,18)19-3)5-10(20-8)14-6-7(2)11(15)13-12(14)16;1-4-8-9(20-21(17,22)18-3)5-10(19-8)14-6-7(2)11(15)13-12(14)16;1-4-8-9(17-3)5-10(18-8)14-6-7(2)11(15)13-12(14)16;1-3-7-8(16-2)6-10(17-7)13-5-4-9(14)12-11(13)15/h6,8-10H,4-5H2,1-3H3,(H,17,18)(H,13,15,16);6,8-10H,4-5H2,1-3H3,(H,17,22)(H,13,15,16);6,8-10H,4-5H2,1-3H3,(H,13,15,16);4-5,7-8,10H,3,6H2,1-2H3,(H,12,14,15)/t8-,9-,10-;8-,9-,10-,21?;8-,9-,10-;7-,8-,10-/m1111/s1. The average molecular weight is 1180 g/mol. The van der Waals surface area contributed by atoms with Gasteiger partial charge in [-0.25, -0.2) is 23.7 Å². The lowest BCUT2D eigenvalue weighted by atomic mass is 10.1. The average Bonchev–Trinajstić information content (AvgIpc) is 4.24. The van der Waals surface area contributed by atoms with Gasteiger partial charge in [0.05, 0.1) is 48.8 Å². The zero-order valence-electron chi connectivity index (χ0n) is 45.7. The first-order chi connectivity index (χ1) is 37.3. The fourth-order valence-electron chi connectivity index (χ4n) is 9.14. The maximum Gasteiger partial charge on any atom is 0.472 e. The van der Waals surface area contributed by atoms with Crippen LogP contribution in [0.4, 0.5) is 0 Å². The molecule has 0 amide bonds. The third-order valence-electron chi connectivity index (χ3n) is 13.5. The van der Waals surface area contributed by atoms with E-state index in [0.29, 0.717) is 48.8 Å². The van der Waals surface area contributed by atoms with E-state index in [1.54, 1.807) is 35.0 Å². The normalized spacial score (nSPS) is 27.9. The van der Waals surface area contributed by atoms with Crippen molar-refractivity contribution in [1.82, 2.24) is 38.2 Å². The van der Waals surface area contributed by atoms with Crippen LogP contribution < -0.4 is 45.0 Å². The van der Waals surface area contributed by atoms with E-state index >= 15 is 0 Å². The minimum atomic E-state index is -4.15. The third-order valence-corrected chi connectivity index (χ3v) is 16.2. The lowest BCUT2D eigenvalue weighted by molar-refractivity contribution is -0.0302. The molecule has 4 saturated heterocycles. The Kier molecular flexibility index (Phi) is 23.6. The van der Waals surface area contributed by atoms with Crippen molar-refractivity contribution in [3.8, 4) is 0 Å². The van der Waals surface area contributed by atoms with Crippen molar-refractivity contribution in [1.29, 1.82) is 0 Å². The van der Waals surface area contributed by atoms with Gasteiger partial charge in [0.1, 0.15) is 24.9 Å². The third kappa shape index (κ3) is 16.9. The van der Waals surface area contributed by atoms with Gasteiger partial charge in [0, 0.05) is 102 Å². The Hall–Kier alpha value is -4.88. The molecule has 6 N–H and O–H groups in total. The van der Waals surface area contributed by atoms with Gasteiger partial charge in [-0.15, -0.1) is 0 Å². The van der Waals surface area contributed by atoms with Crippen molar-refractivity contribution in [2.75, 3.05) is 28.4 Å². The monoisotopic (exact) mass is 1180 g/mol. The molecule has 0 saturated carbocycles. The van der Waals surface area contributed by atoms with Crippen molar-refractivity contribution >= 4 is 26.3 Å². The molecule has 4 aromatic heterocycles. The highest BCUT2D eigenvalue weighted by molar-refractivity contribution is 8.07. The fourth-order valence-corrected chi connectivity index (χ4v) is 10.8. The molecule has 29 nitrogen and oxygen atoms in total. The number of rotatable bonds is 16. The van der Waals surface area contributed by atoms with Gasteiger partial charge in [-0.1, -0.05) is 27.7 Å². The molecule has 32 heteroatoms. The number of ether oxygens (including phenoxy) is 6. The Labute approximate surface area is 456 Å². The predicted molar refractivity (Wildman–Crippen MR) is 286 cm³/mol. The van der Waals surface area contributed by atoms with Crippen LogP contribution >= 0.6 is 14.5 Å². The summed E-state index contributed by atoms with van der Waals surface area (Å²) in [7, 11) is 1.48. The number of hydrogen-bond acceptors (Lipinski definition) is 20. The topological polar surface area (TPSA) is 369 Å². The molecule has 8 heterocycles. The quantitative estimate of drug-likeness (QED) is 0.0876. The van der Waals surface area contributed by atoms with Gasteiger partial charge in [-0.3, -0.25) is 66.4 Å². The van der Waals surface area contributed by atoms with E-state index in [1.807, 2.05) is 27.7 Å². The Morgan fingerprint density at radius 3 is 1.14 bits per heavy atom. The lowest BCUT2D eigenvalue weighted by Gasteiger charge is -2.21. The Bertz CT molecular complexity index is 3140. The minimum Gasteiger partial charge on any atom is -0.379 e. The summed E-state index contributed by atoms with van der Waals surface area (Å²) in [4.78, 5) is 120. The SMILES string of the molecule is CC[C@H]1O[C@@H](n2cc(C)c(=O)[nH]c2=O)C[C@H]1OC.CC[C@H]1O[C@@H](n2cc(C)c(=O)[nH]c2=O)C[C@H]1OP(=O)(O)OC.CC[C@H]1O[C@@H](n2cc(C)c(=O)[nH]c2=O)C[C@H]1OP(O)(=S)OC.CC[C@H]1O[C@@H](n2ccc(=O)[nH]c2=O)C[C@H]1OC. The summed E-state index contributed by atoms with van der Waals surface area (Å²) >= 11 is 4.85. The number of aromatic amines is 4. The molecule has 4 aromatic rings. The first-order valence-electron chi connectivity index (χ1n) is 25.3. The lowest BCUT2D eigenvalue weighted by Crippen LogP contribution is -2.33. The van der Waals surface area contributed by atoms with E-state index in [9.17, 15) is 52.7 Å². The van der Waals surface area contributed by atoms with Gasteiger partial charge in [0.25, 0.3) is 22.2 Å². The zero-order chi connectivity index (χ0) is 58.7. The number of hydrogen-bond donors (Lipinski definition) is 6. The van der Waals surface area contributed by atoms with Gasteiger partial charge in [0.15, 0.2) is 0 Å². The van der Waals surface area contributed by atoms with Crippen molar-refractivity contribution < 1.29 is 60.9 Å². The summed E-state index contributed by atoms with van der Waals surface area (Å²) in [6, 6.07) is 1.31. The fraction of sp³-hybridized carbons (Fsp3) is 0.660. The van der Waals surface area contributed by atoms with Crippen molar-refractivity contribution in [2.45, 2.75) is 174 Å². The van der Waals surface area contributed by atoms with E-state index < -0.39 is 84.7 Å². The van der Waals surface area contributed by atoms with Gasteiger partial charge in [-0.2, -0.15) is 0 Å². The molecule has 79 heavy (non-hydrogen) atoms. The molecule has 14 atom stereocenters. The number of phosphoric acid groups is 1. The minimum absolute atomic E-state index is 0.0103. The zero-order valence-corrected chi connectivity index (χ0v) is 48.3. The van der Waals surface area contributed by atoms with E-state index in [4.69, 9.17) is 53.8 Å². The summed E-state index contributed by atoms with van der Waals surface area (Å²) < 4.78 is 70.3. The number of aryl methyl sites for hydroxylation is 3. The highest BCUT2D eigenvalue weighted by Crippen LogP contribution is 2.49. The maximum atomic E-state index is 11.9. The van der Waals surface area contributed by atoms with E-state index in [2.05, 4.69) is 24.5 Å². The molecule has 4 fully saturated rings. The molecule has 8 rings (SSSR count). The molecule has 0 spiro atoms. The molecule has 4 aliphatic rings. The van der Waals surface area contributed by atoms with Crippen LogP contribution in [0.2, 0.25) is 0 Å². The summed E-state index contributed by atoms with van der Waals surface area (Å²) in [5.74, 6) is 0. The molecular formula is C47H72N8O21P2S. The molecule has 0 aromatic carbocycles. The number of nitrogens with zero attached hydrogens (tertiary/aromatic N) is 4. The van der Waals surface area contributed by atoms with Gasteiger partial charge < -0.3 is 47.3 Å². The van der Waals surface area contributed by atoms with Crippen LogP contribution in [0.3, 0.4) is 0 Å². The van der Waals surface area contributed by atoms with Crippen LogP contribution in [0, 0.1) is 20.8 Å². The number of phosphoric ester groups is 1. The van der Waals surface area contributed by atoms with Crippen LogP contribution in [-0.4, -0.2) is 125 Å². The summed E-state index contributed by atoms with van der Waals surface area (Å²) in [6.45, 7) is 9.28. The number of nitrogens with one attached hydrogen (secondary N) is 4. The maximum absolute atomic E-state index is 11.9. The Morgan fingerprint density at radius 1 is 0.519 bits per heavy atom. The van der Waals surface area contributed by atoms with Crippen molar-refractivity contribution in [2.24, 2.45) is 0 Å². The van der Waals surface area contributed by atoms with Gasteiger partial charge in [0.2, 0.25) is 0 Å². The van der Waals surface area contributed by atoms with Crippen molar-refractivity contribution in [3.05, 3.63) is 131 Å². The molecule has 0 bridgehead atoms. The second-order valence-electron chi connectivity index (χ2n) is 18.7.